The van der Waals surface area contributed by atoms with Crippen LogP contribution in [0.1, 0.15) is 17.4 Å². The predicted molar refractivity (Wildman–Crippen MR) is 75.2 cm³/mol. The summed E-state index contributed by atoms with van der Waals surface area (Å²) in [4.78, 5) is 4.45. The van der Waals surface area contributed by atoms with Crippen LogP contribution in [0.25, 0.3) is 11.4 Å². The maximum atomic E-state index is 9.31. The predicted octanol–water partition coefficient (Wildman–Crippen LogP) is 2.97. The van der Waals surface area contributed by atoms with Gasteiger partial charge >= 0.3 is 0 Å². The highest BCUT2D eigenvalue weighted by atomic mass is 16.5. The zero-order valence-corrected chi connectivity index (χ0v) is 11.1. The van der Waals surface area contributed by atoms with Crippen LogP contribution < -0.4 is 4.74 Å². The Bertz CT molecular complexity index is 780. The Morgan fingerprint density at radius 2 is 1.86 bits per heavy atom. The van der Waals surface area contributed by atoms with Crippen molar-refractivity contribution in [3.05, 3.63) is 60.0 Å². The van der Waals surface area contributed by atoms with Crippen molar-refractivity contribution in [2.45, 2.75) is 5.92 Å². The summed E-state index contributed by atoms with van der Waals surface area (Å²) in [7, 11) is 0. The molecule has 3 aromatic rings. The molecule has 0 radical (unpaired) electrons. The second-order valence-corrected chi connectivity index (χ2v) is 4.90. The first-order valence-electron chi connectivity index (χ1n) is 6.66. The molecule has 2 heterocycles. The van der Waals surface area contributed by atoms with Gasteiger partial charge in [0.15, 0.2) is 0 Å². The molecule has 2 aromatic carbocycles. The highest BCUT2D eigenvalue weighted by Gasteiger charge is 2.30. The number of aromatic hydroxyl groups is 1. The molecule has 0 saturated heterocycles. The van der Waals surface area contributed by atoms with E-state index in [1.54, 1.807) is 24.3 Å². The summed E-state index contributed by atoms with van der Waals surface area (Å²) in [5, 5.41) is 13.3. The van der Waals surface area contributed by atoms with Crippen molar-refractivity contribution < 1.29 is 14.4 Å². The van der Waals surface area contributed by atoms with Gasteiger partial charge in [-0.25, -0.2) is 0 Å². The molecule has 1 unspecified atom stereocenters. The molecule has 1 atom stereocenters. The molecule has 1 N–H and O–H groups in total. The summed E-state index contributed by atoms with van der Waals surface area (Å²) in [6, 6.07) is 14.6. The van der Waals surface area contributed by atoms with E-state index in [-0.39, 0.29) is 11.7 Å². The van der Waals surface area contributed by atoms with E-state index in [2.05, 4.69) is 10.1 Å². The second-order valence-electron chi connectivity index (χ2n) is 4.90. The first-order valence-corrected chi connectivity index (χ1v) is 6.66. The van der Waals surface area contributed by atoms with Gasteiger partial charge in [0.1, 0.15) is 24.0 Å². The molecule has 0 spiro atoms. The van der Waals surface area contributed by atoms with Crippen LogP contribution in [-0.4, -0.2) is 21.9 Å². The Hall–Kier alpha value is -2.82. The minimum absolute atomic E-state index is 0.0282. The largest absolute Gasteiger partial charge is 0.508 e. The van der Waals surface area contributed by atoms with Gasteiger partial charge in [0.2, 0.25) is 11.7 Å². The van der Waals surface area contributed by atoms with E-state index in [0.717, 1.165) is 16.9 Å². The Labute approximate surface area is 120 Å². The average Bonchev–Trinajstić information content (AvgIpc) is 3.14. The molecule has 0 fully saturated rings. The Morgan fingerprint density at radius 3 is 2.71 bits per heavy atom. The minimum Gasteiger partial charge on any atom is -0.508 e. The molecule has 104 valence electrons. The number of rotatable bonds is 2. The van der Waals surface area contributed by atoms with E-state index in [0.29, 0.717) is 18.3 Å². The van der Waals surface area contributed by atoms with Gasteiger partial charge in [0.05, 0.1) is 0 Å². The molecule has 0 amide bonds. The highest BCUT2D eigenvalue weighted by Crippen LogP contribution is 2.37. The van der Waals surface area contributed by atoms with E-state index in [4.69, 9.17) is 9.26 Å². The first-order chi connectivity index (χ1) is 10.3. The van der Waals surface area contributed by atoms with Crippen LogP contribution in [0.4, 0.5) is 0 Å². The lowest BCUT2D eigenvalue weighted by Crippen LogP contribution is -2.02. The molecule has 4 rings (SSSR count). The maximum Gasteiger partial charge on any atom is 0.238 e. The first kappa shape index (κ1) is 12.0. The lowest BCUT2D eigenvalue weighted by molar-refractivity contribution is 0.305. The number of fused-ring (bicyclic) bond motifs is 1. The number of phenols is 1. The number of benzene rings is 2. The summed E-state index contributed by atoms with van der Waals surface area (Å²) in [5.41, 5.74) is 1.87. The van der Waals surface area contributed by atoms with Crippen LogP contribution in [0.15, 0.2) is 53.1 Å². The summed E-state index contributed by atoms with van der Waals surface area (Å²) in [5.74, 6) is 2.10. The fourth-order valence-corrected chi connectivity index (χ4v) is 2.47. The summed E-state index contributed by atoms with van der Waals surface area (Å²) in [6.07, 6.45) is 0. The summed E-state index contributed by atoms with van der Waals surface area (Å²) in [6.45, 7) is 0.510. The molecular formula is C16H12N2O3. The van der Waals surface area contributed by atoms with Gasteiger partial charge in [0.25, 0.3) is 0 Å². The number of hydrogen-bond acceptors (Lipinski definition) is 5. The van der Waals surface area contributed by atoms with Gasteiger partial charge < -0.3 is 14.4 Å². The monoisotopic (exact) mass is 280 g/mol. The smallest absolute Gasteiger partial charge is 0.238 e. The van der Waals surface area contributed by atoms with Gasteiger partial charge in [-0.3, -0.25) is 0 Å². The normalized spacial score (nSPS) is 16.5. The molecule has 0 bridgehead atoms. The fraction of sp³-hybridized carbons (Fsp3) is 0.125. The van der Waals surface area contributed by atoms with Gasteiger partial charge in [-0.2, -0.15) is 4.98 Å². The topological polar surface area (TPSA) is 68.4 Å². The molecule has 0 aliphatic carbocycles. The van der Waals surface area contributed by atoms with E-state index in [1.165, 1.54) is 0 Å². The molecule has 1 aromatic heterocycles. The van der Waals surface area contributed by atoms with Crippen LogP contribution in [0.3, 0.4) is 0 Å². The minimum atomic E-state index is -0.0282. The molecule has 5 heteroatoms. The van der Waals surface area contributed by atoms with Crippen LogP contribution in [0.2, 0.25) is 0 Å². The standard InChI is InChI=1S/C16H12N2O3/c19-11-7-5-10(6-8-11)15-17-16(21-18-15)13-9-20-14-4-2-1-3-12(13)14/h1-8,13,19H,9H2. The maximum absolute atomic E-state index is 9.31. The van der Waals surface area contributed by atoms with Gasteiger partial charge in [-0.05, 0) is 30.3 Å². The van der Waals surface area contributed by atoms with Crippen LogP contribution in [0.5, 0.6) is 11.5 Å². The van der Waals surface area contributed by atoms with Crippen molar-refractivity contribution in [3.8, 4) is 22.9 Å². The lowest BCUT2D eigenvalue weighted by Gasteiger charge is -2.01. The van der Waals surface area contributed by atoms with Crippen molar-refractivity contribution in [1.29, 1.82) is 0 Å². The van der Waals surface area contributed by atoms with Crippen molar-refractivity contribution >= 4 is 0 Å². The van der Waals surface area contributed by atoms with Crippen molar-refractivity contribution in [3.63, 3.8) is 0 Å². The second kappa shape index (κ2) is 4.63. The molecule has 1 aliphatic rings. The Morgan fingerprint density at radius 1 is 1.05 bits per heavy atom. The molecule has 1 aliphatic heterocycles. The molecule has 0 saturated carbocycles. The SMILES string of the molecule is Oc1ccc(-c2noc(C3COc4ccccc43)n2)cc1. The number of hydrogen-bond donors (Lipinski definition) is 1. The number of nitrogens with zero attached hydrogens (tertiary/aromatic N) is 2. The lowest BCUT2D eigenvalue weighted by atomic mass is 10.0. The van der Waals surface area contributed by atoms with E-state index in [9.17, 15) is 5.11 Å². The zero-order valence-electron chi connectivity index (χ0n) is 11.1. The molecule has 5 nitrogen and oxygen atoms in total. The van der Waals surface area contributed by atoms with E-state index >= 15 is 0 Å². The average molecular weight is 280 g/mol. The number of phenolic OH excluding ortho intramolecular Hbond substituents is 1. The fourth-order valence-electron chi connectivity index (χ4n) is 2.47. The molecule has 21 heavy (non-hydrogen) atoms. The quantitative estimate of drug-likeness (QED) is 0.781. The number of para-hydroxylation sites is 1. The van der Waals surface area contributed by atoms with Crippen molar-refractivity contribution in [1.82, 2.24) is 10.1 Å². The van der Waals surface area contributed by atoms with Gasteiger partial charge in [-0.1, -0.05) is 23.4 Å². The summed E-state index contributed by atoms with van der Waals surface area (Å²) >= 11 is 0. The number of ether oxygens (including phenoxy) is 1. The van der Waals surface area contributed by atoms with Crippen molar-refractivity contribution in [2.75, 3.05) is 6.61 Å². The van der Waals surface area contributed by atoms with Gasteiger partial charge in [-0.15, -0.1) is 0 Å². The number of aromatic nitrogens is 2. The van der Waals surface area contributed by atoms with E-state index in [1.807, 2.05) is 24.3 Å². The summed E-state index contributed by atoms with van der Waals surface area (Å²) < 4.78 is 11.0. The third-order valence-corrected chi connectivity index (χ3v) is 3.57. The zero-order chi connectivity index (χ0) is 14.2. The Balaban J connectivity index is 1.68. The van der Waals surface area contributed by atoms with Gasteiger partial charge in [0, 0.05) is 11.1 Å². The third kappa shape index (κ3) is 2.03. The highest BCUT2D eigenvalue weighted by molar-refractivity contribution is 5.55. The van der Waals surface area contributed by atoms with Crippen molar-refractivity contribution in [2.24, 2.45) is 0 Å². The Kier molecular flexibility index (Phi) is 2.64. The van der Waals surface area contributed by atoms with Crippen LogP contribution >= 0.6 is 0 Å². The van der Waals surface area contributed by atoms with E-state index < -0.39 is 0 Å². The third-order valence-electron chi connectivity index (χ3n) is 3.57. The molecular weight excluding hydrogens is 268 g/mol. The van der Waals surface area contributed by atoms with Crippen LogP contribution in [0, 0.1) is 0 Å². The van der Waals surface area contributed by atoms with Crippen LogP contribution in [-0.2, 0) is 0 Å².